The maximum atomic E-state index is 14.7. The summed E-state index contributed by atoms with van der Waals surface area (Å²) in [5.74, 6) is 1.53. The van der Waals surface area contributed by atoms with Crippen molar-refractivity contribution in [3.8, 4) is 5.75 Å². The van der Waals surface area contributed by atoms with Crippen molar-refractivity contribution in [1.29, 1.82) is 0 Å². The molecular weight excluding hydrogens is 475 g/mol. The van der Waals surface area contributed by atoms with E-state index >= 15 is 0 Å². The summed E-state index contributed by atoms with van der Waals surface area (Å²) in [5.41, 5.74) is 1.96. The van der Waals surface area contributed by atoms with Gasteiger partial charge in [0.05, 0.1) is 30.1 Å². The molecule has 2 aromatic carbocycles. The van der Waals surface area contributed by atoms with Crippen LogP contribution < -0.4 is 15.0 Å². The lowest BCUT2D eigenvalue weighted by atomic mass is 10.1. The maximum absolute atomic E-state index is 14.7. The maximum Gasteiger partial charge on any atom is 0.251 e. The monoisotopic (exact) mass is 502 g/mol. The van der Waals surface area contributed by atoms with Crippen LogP contribution in [-0.4, -0.2) is 24.8 Å². The zero-order valence-corrected chi connectivity index (χ0v) is 20.7. The molecule has 0 atom stereocenters. The predicted octanol–water partition coefficient (Wildman–Crippen LogP) is 6.68. The number of amides is 1. The van der Waals surface area contributed by atoms with E-state index in [4.69, 9.17) is 20.8 Å². The molecule has 0 saturated carbocycles. The second-order valence-corrected chi connectivity index (χ2v) is 9.62. The standard InChI is InChI=1S/C26H28ClFN2O3S/c1-2-3-4-12-33-23-10-8-21(28)20(25(23)27)17-30-11-14-34-24-15-18(7-9-22(24)30)26(31)29-16-19-6-5-13-32-19/h5-10,13,15H,2-4,11-12,14,16-17H2,1H3,(H,29,31). The highest BCUT2D eigenvalue weighted by Gasteiger charge is 2.23. The van der Waals surface area contributed by atoms with Crippen LogP contribution in [0.5, 0.6) is 5.75 Å². The minimum atomic E-state index is -0.348. The van der Waals surface area contributed by atoms with Crippen molar-refractivity contribution in [2.45, 2.75) is 44.2 Å². The molecule has 1 N–H and O–H groups in total. The van der Waals surface area contributed by atoms with Crippen LogP contribution in [0.2, 0.25) is 5.02 Å². The van der Waals surface area contributed by atoms with Crippen molar-refractivity contribution in [3.63, 3.8) is 0 Å². The number of carbonyl (C=O) groups excluding carboxylic acids is 1. The molecule has 4 rings (SSSR count). The lowest BCUT2D eigenvalue weighted by Gasteiger charge is -2.31. The highest BCUT2D eigenvalue weighted by atomic mass is 35.5. The zero-order valence-electron chi connectivity index (χ0n) is 19.1. The van der Waals surface area contributed by atoms with Gasteiger partial charge in [-0.3, -0.25) is 4.79 Å². The first-order valence-electron chi connectivity index (χ1n) is 11.5. The molecule has 1 aromatic heterocycles. The van der Waals surface area contributed by atoms with Gasteiger partial charge in [0.2, 0.25) is 0 Å². The number of ether oxygens (including phenoxy) is 1. The summed E-state index contributed by atoms with van der Waals surface area (Å²) in [7, 11) is 0. The molecule has 1 aliphatic heterocycles. The number of rotatable bonds is 10. The Morgan fingerprint density at radius 2 is 2.15 bits per heavy atom. The average molecular weight is 503 g/mol. The molecule has 0 radical (unpaired) electrons. The van der Waals surface area contributed by atoms with Gasteiger partial charge in [-0.1, -0.05) is 31.4 Å². The first kappa shape index (κ1) is 24.5. The molecule has 0 spiro atoms. The van der Waals surface area contributed by atoms with Gasteiger partial charge < -0.3 is 19.4 Å². The van der Waals surface area contributed by atoms with Crippen LogP contribution >= 0.6 is 23.4 Å². The quantitative estimate of drug-likeness (QED) is 0.313. The molecule has 2 heterocycles. The van der Waals surface area contributed by atoms with Gasteiger partial charge in [-0.15, -0.1) is 11.8 Å². The van der Waals surface area contributed by atoms with Crippen LogP contribution in [0, 0.1) is 5.82 Å². The second-order valence-electron chi connectivity index (χ2n) is 8.11. The fraction of sp³-hybridized carbons (Fsp3) is 0.346. The Morgan fingerprint density at radius 1 is 1.26 bits per heavy atom. The summed E-state index contributed by atoms with van der Waals surface area (Å²) in [6.45, 7) is 4.10. The summed E-state index contributed by atoms with van der Waals surface area (Å²) in [5, 5.41) is 3.19. The highest BCUT2D eigenvalue weighted by molar-refractivity contribution is 7.99. The number of furan rings is 1. The van der Waals surface area contributed by atoms with E-state index < -0.39 is 0 Å². The van der Waals surface area contributed by atoms with Crippen LogP contribution in [0.25, 0.3) is 0 Å². The third kappa shape index (κ3) is 5.88. The van der Waals surface area contributed by atoms with Gasteiger partial charge in [-0.25, -0.2) is 4.39 Å². The molecule has 3 aromatic rings. The van der Waals surface area contributed by atoms with E-state index in [1.807, 2.05) is 18.2 Å². The molecule has 1 aliphatic rings. The molecular formula is C26H28ClFN2O3S. The summed E-state index contributed by atoms with van der Waals surface area (Å²) in [4.78, 5) is 15.7. The van der Waals surface area contributed by atoms with E-state index in [1.165, 1.54) is 6.07 Å². The average Bonchev–Trinajstić information content (AvgIpc) is 3.37. The minimum absolute atomic E-state index is 0.168. The minimum Gasteiger partial charge on any atom is -0.492 e. The first-order chi connectivity index (χ1) is 16.6. The van der Waals surface area contributed by atoms with E-state index in [1.54, 1.807) is 36.2 Å². The van der Waals surface area contributed by atoms with Crippen LogP contribution in [-0.2, 0) is 13.1 Å². The Hall–Kier alpha value is -2.64. The number of benzene rings is 2. The van der Waals surface area contributed by atoms with E-state index in [-0.39, 0.29) is 11.7 Å². The number of nitrogens with zero attached hydrogens (tertiary/aromatic N) is 1. The van der Waals surface area contributed by atoms with Crippen molar-refractivity contribution in [1.82, 2.24) is 5.32 Å². The van der Waals surface area contributed by atoms with Gasteiger partial charge in [0, 0.05) is 34.9 Å². The Morgan fingerprint density at radius 3 is 2.94 bits per heavy atom. The molecule has 0 fully saturated rings. The molecule has 0 bridgehead atoms. The van der Waals surface area contributed by atoms with E-state index in [2.05, 4.69) is 17.1 Å². The number of hydrogen-bond acceptors (Lipinski definition) is 5. The van der Waals surface area contributed by atoms with Crippen molar-refractivity contribution in [2.75, 3.05) is 23.8 Å². The van der Waals surface area contributed by atoms with Crippen molar-refractivity contribution in [3.05, 3.63) is 76.5 Å². The molecule has 0 saturated heterocycles. The van der Waals surface area contributed by atoms with Gasteiger partial charge in [0.15, 0.2) is 0 Å². The number of anilines is 1. The molecule has 8 heteroatoms. The summed E-state index contributed by atoms with van der Waals surface area (Å²) < 4.78 is 25.8. The highest BCUT2D eigenvalue weighted by Crippen LogP contribution is 2.38. The predicted molar refractivity (Wildman–Crippen MR) is 135 cm³/mol. The number of halogens is 2. The van der Waals surface area contributed by atoms with Gasteiger partial charge in [0.1, 0.15) is 17.3 Å². The molecule has 0 unspecified atom stereocenters. The Labute approximate surface area is 208 Å². The topological polar surface area (TPSA) is 54.7 Å². The Balaban J connectivity index is 1.47. The van der Waals surface area contributed by atoms with E-state index in [0.29, 0.717) is 47.4 Å². The second kappa shape index (κ2) is 11.7. The van der Waals surface area contributed by atoms with Gasteiger partial charge >= 0.3 is 0 Å². The first-order valence-corrected chi connectivity index (χ1v) is 12.8. The Bertz CT molecular complexity index is 1120. The molecule has 180 valence electrons. The van der Waals surface area contributed by atoms with E-state index in [0.717, 1.165) is 42.1 Å². The lowest BCUT2D eigenvalue weighted by molar-refractivity contribution is 0.0948. The van der Waals surface area contributed by atoms with Crippen LogP contribution in [0.1, 0.15) is 47.9 Å². The summed E-state index contributed by atoms with van der Waals surface area (Å²) >= 11 is 8.25. The third-order valence-electron chi connectivity index (χ3n) is 5.69. The number of thioether (sulfide) groups is 1. The summed E-state index contributed by atoms with van der Waals surface area (Å²) in [6, 6.07) is 12.2. The third-order valence-corrected chi connectivity index (χ3v) is 7.13. The van der Waals surface area contributed by atoms with Crippen molar-refractivity contribution >= 4 is 35.0 Å². The number of fused-ring (bicyclic) bond motifs is 1. The number of nitrogens with one attached hydrogen (secondary N) is 1. The molecule has 34 heavy (non-hydrogen) atoms. The lowest BCUT2D eigenvalue weighted by Crippen LogP contribution is -2.29. The fourth-order valence-electron chi connectivity index (χ4n) is 3.82. The van der Waals surface area contributed by atoms with Gasteiger partial charge in [-0.2, -0.15) is 0 Å². The van der Waals surface area contributed by atoms with Gasteiger partial charge in [-0.05, 0) is 48.9 Å². The number of carbonyl (C=O) groups is 1. The van der Waals surface area contributed by atoms with Crippen molar-refractivity contribution in [2.24, 2.45) is 0 Å². The smallest absolute Gasteiger partial charge is 0.251 e. The Kier molecular flexibility index (Phi) is 8.40. The van der Waals surface area contributed by atoms with Gasteiger partial charge in [0.25, 0.3) is 5.91 Å². The molecule has 0 aliphatic carbocycles. The normalized spacial score (nSPS) is 13.0. The largest absolute Gasteiger partial charge is 0.492 e. The summed E-state index contributed by atoms with van der Waals surface area (Å²) in [6.07, 6.45) is 4.70. The SMILES string of the molecule is CCCCCOc1ccc(F)c(CN2CCSc3cc(C(=O)NCc4ccco4)ccc32)c1Cl. The molecule has 5 nitrogen and oxygen atoms in total. The number of hydrogen-bond donors (Lipinski definition) is 1. The van der Waals surface area contributed by atoms with Crippen molar-refractivity contribution < 1.29 is 18.3 Å². The van der Waals surface area contributed by atoms with Crippen LogP contribution in [0.4, 0.5) is 10.1 Å². The van der Waals surface area contributed by atoms with Crippen LogP contribution in [0.3, 0.4) is 0 Å². The fourth-order valence-corrected chi connectivity index (χ4v) is 5.18. The number of unbranched alkanes of at least 4 members (excludes halogenated alkanes) is 2. The zero-order chi connectivity index (χ0) is 23.9. The van der Waals surface area contributed by atoms with E-state index in [9.17, 15) is 9.18 Å². The van der Waals surface area contributed by atoms with Crippen LogP contribution in [0.15, 0.2) is 58.0 Å². The molecule has 1 amide bonds.